The Labute approximate surface area is 119 Å². The first-order valence-electron chi connectivity index (χ1n) is 7.06. The highest BCUT2D eigenvalue weighted by Gasteiger charge is 2.24. The van der Waals surface area contributed by atoms with E-state index in [1.54, 1.807) is 13.0 Å². The van der Waals surface area contributed by atoms with Crippen molar-refractivity contribution in [2.24, 2.45) is 11.7 Å². The molecule has 5 nitrogen and oxygen atoms in total. The number of hydrogen-bond acceptors (Lipinski definition) is 4. The summed E-state index contributed by atoms with van der Waals surface area (Å²) in [4.78, 5) is 15.8. The highest BCUT2D eigenvalue weighted by molar-refractivity contribution is 5.96. The van der Waals surface area contributed by atoms with Gasteiger partial charge >= 0.3 is 0 Å². The molecule has 1 aromatic rings. The largest absolute Gasteiger partial charge is 0.489 e. The molecule has 0 spiro atoms. The summed E-state index contributed by atoms with van der Waals surface area (Å²) < 4.78 is 5.98. The van der Waals surface area contributed by atoms with Gasteiger partial charge in [-0.05, 0) is 45.4 Å². The maximum Gasteiger partial charge on any atom is 0.254 e. The van der Waals surface area contributed by atoms with Gasteiger partial charge in [-0.2, -0.15) is 0 Å². The van der Waals surface area contributed by atoms with Crippen molar-refractivity contribution in [3.8, 4) is 5.75 Å². The molecule has 1 saturated carbocycles. The highest BCUT2D eigenvalue weighted by Crippen LogP contribution is 2.30. The van der Waals surface area contributed by atoms with E-state index in [1.165, 1.54) is 0 Å². The van der Waals surface area contributed by atoms with Crippen molar-refractivity contribution < 1.29 is 14.6 Å². The third kappa shape index (κ3) is 3.28. The zero-order chi connectivity index (χ0) is 14.7. The summed E-state index contributed by atoms with van der Waals surface area (Å²) in [5, 5.41) is 9.15. The molecule has 110 valence electrons. The predicted molar refractivity (Wildman–Crippen MR) is 75.7 cm³/mol. The zero-order valence-electron chi connectivity index (χ0n) is 12.1. The van der Waals surface area contributed by atoms with E-state index in [9.17, 15) is 4.79 Å². The Bertz CT molecular complexity index is 494. The van der Waals surface area contributed by atoms with Crippen LogP contribution in [0.3, 0.4) is 0 Å². The third-order valence-electron chi connectivity index (χ3n) is 3.88. The molecule has 0 aliphatic heterocycles. The van der Waals surface area contributed by atoms with Gasteiger partial charge < -0.3 is 15.6 Å². The van der Waals surface area contributed by atoms with Gasteiger partial charge in [-0.1, -0.05) is 0 Å². The highest BCUT2D eigenvalue weighted by atomic mass is 16.5. The summed E-state index contributed by atoms with van der Waals surface area (Å²) >= 11 is 0. The first kappa shape index (κ1) is 14.8. The van der Waals surface area contributed by atoms with Gasteiger partial charge in [-0.15, -0.1) is 0 Å². The number of rotatable bonds is 4. The Kier molecular flexibility index (Phi) is 4.60. The number of nitrogens with two attached hydrogens (primary N) is 1. The van der Waals surface area contributed by atoms with E-state index in [4.69, 9.17) is 15.6 Å². The number of amides is 1. The number of ether oxygens (including phenoxy) is 1. The Morgan fingerprint density at radius 1 is 1.40 bits per heavy atom. The van der Waals surface area contributed by atoms with E-state index in [-0.39, 0.29) is 12.7 Å². The van der Waals surface area contributed by atoms with Gasteiger partial charge in [0, 0.05) is 18.4 Å². The number of pyridine rings is 1. The van der Waals surface area contributed by atoms with Crippen LogP contribution >= 0.6 is 0 Å². The average Bonchev–Trinajstić information content (AvgIpc) is 2.38. The fraction of sp³-hybridized carbons (Fsp3) is 0.600. The summed E-state index contributed by atoms with van der Waals surface area (Å²) in [6.07, 6.45) is 3.78. The van der Waals surface area contributed by atoms with Crippen molar-refractivity contribution in [2.45, 2.75) is 45.6 Å². The first-order chi connectivity index (χ1) is 9.51. The lowest BCUT2D eigenvalue weighted by molar-refractivity contribution is 0.0951. The van der Waals surface area contributed by atoms with Gasteiger partial charge in [-0.25, -0.2) is 0 Å². The van der Waals surface area contributed by atoms with Crippen molar-refractivity contribution >= 4 is 5.91 Å². The molecule has 3 N–H and O–H groups in total. The van der Waals surface area contributed by atoms with Gasteiger partial charge in [0.2, 0.25) is 0 Å². The number of aliphatic hydroxyl groups excluding tert-OH is 1. The van der Waals surface area contributed by atoms with Gasteiger partial charge in [0.05, 0.1) is 11.8 Å². The first-order valence-corrected chi connectivity index (χ1v) is 7.06. The van der Waals surface area contributed by atoms with Crippen molar-refractivity contribution in [1.82, 2.24) is 4.98 Å². The smallest absolute Gasteiger partial charge is 0.254 e. The molecule has 20 heavy (non-hydrogen) atoms. The second-order valence-electron chi connectivity index (χ2n) is 5.53. The molecule has 1 heterocycles. The van der Waals surface area contributed by atoms with Crippen LogP contribution in [0.4, 0.5) is 0 Å². The molecule has 1 aromatic heterocycles. The molecule has 0 atom stereocenters. The molecule has 5 heteroatoms. The van der Waals surface area contributed by atoms with Crippen LogP contribution in [0.2, 0.25) is 0 Å². The van der Waals surface area contributed by atoms with Crippen LogP contribution < -0.4 is 10.5 Å². The number of carbonyl (C=O) groups is 1. The minimum absolute atomic E-state index is 0.0806. The molecular weight excluding hydrogens is 256 g/mol. The van der Waals surface area contributed by atoms with E-state index < -0.39 is 5.91 Å². The SMILES string of the molecule is Cc1cc(OC2CCC(CO)CC2)c(C(N)=O)c(C)n1. The normalized spacial score (nSPS) is 22.6. The van der Waals surface area contributed by atoms with Crippen LogP contribution in [0.15, 0.2) is 6.07 Å². The number of aromatic nitrogens is 1. The van der Waals surface area contributed by atoms with Crippen LogP contribution in [-0.2, 0) is 0 Å². The Morgan fingerprint density at radius 2 is 2.05 bits per heavy atom. The van der Waals surface area contributed by atoms with E-state index in [0.717, 1.165) is 31.4 Å². The third-order valence-corrected chi connectivity index (χ3v) is 3.88. The minimum atomic E-state index is -0.506. The van der Waals surface area contributed by atoms with E-state index in [1.807, 2.05) is 6.92 Å². The molecule has 0 aromatic carbocycles. The number of nitrogens with zero attached hydrogens (tertiary/aromatic N) is 1. The Balaban J connectivity index is 2.15. The zero-order valence-corrected chi connectivity index (χ0v) is 12.1. The quantitative estimate of drug-likeness (QED) is 0.878. The molecule has 2 rings (SSSR count). The standard InChI is InChI=1S/C15H22N2O3/c1-9-7-13(14(15(16)19)10(2)17-9)20-12-5-3-11(8-18)4-6-12/h7,11-12,18H,3-6,8H2,1-2H3,(H2,16,19). The molecule has 0 bridgehead atoms. The van der Waals surface area contributed by atoms with Crippen LogP contribution in [0.5, 0.6) is 5.75 Å². The monoisotopic (exact) mass is 278 g/mol. The van der Waals surface area contributed by atoms with Crippen LogP contribution in [0.1, 0.15) is 47.4 Å². The van der Waals surface area contributed by atoms with E-state index >= 15 is 0 Å². The molecule has 0 unspecified atom stereocenters. The molecule has 0 saturated heterocycles. The lowest BCUT2D eigenvalue weighted by Crippen LogP contribution is -2.27. The fourth-order valence-corrected chi connectivity index (χ4v) is 2.80. The second kappa shape index (κ2) is 6.22. The number of aliphatic hydroxyl groups is 1. The van der Waals surface area contributed by atoms with E-state index in [0.29, 0.717) is 22.9 Å². The summed E-state index contributed by atoms with van der Waals surface area (Å²) in [5.41, 5.74) is 7.22. The Morgan fingerprint density at radius 3 is 2.60 bits per heavy atom. The number of hydrogen-bond donors (Lipinski definition) is 2. The molecule has 1 aliphatic rings. The van der Waals surface area contributed by atoms with Gasteiger partial charge in [0.15, 0.2) is 0 Å². The number of carbonyl (C=O) groups excluding carboxylic acids is 1. The van der Waals surface area contributed by atoms with Crippen molar-refractivity contribution in [3.63, 3.8) is 0 Å². The topological polar surface area (TPSA) is 85.4 Å². The van der Waals surface area contributed by atoms with Crippen molar-refractivity contribution in [2.75, 3.05) is 6.61 Å². The maximum atomic E-state index is 11.6. The second-order valence-corrected chi connectivity index (χ2v) is 5.53. The van der Waals surface area contributed by atoms with Crippen LogP contribution in [0.25, 0.3) is 0 Å². The summed E-state index contributed by atoms with van der Waals surface area (Å²) in [6.45, 7) is 3.88. The maximum absolute atomic E-state index is 11.6. The summed E-state index contributed by atoms with van der Waals surface area (Å²) in [7, 11) is 0. The Hall–Kier alpha value is -1.62. The van der Waals surface area contributed by atoms with Crippen LogP contribution in [0, 0.1) is 19.8 Å². The molecule has 1 fully saturated rings. The summed E-state index contributed by atoms with van der Waals surface area (Å²) in [6, 6.07) is 1.77. The lowest BCUT2D eigenvalue weighted by atomic mass is 9.88. The average molecular weight is 278 g/mol. The lowest BCUT2D eigenvalue weighted by Gasteiger charge is -2.28. The van der Waals surface area contributed by atoms with Gasteiger partial charge in [-0.3, -0.25) is 9.78 Å². The van der Waals surface area contributed by atoms with Crippen molar-refractivity contribution in [3.05, 3.63) is 23.0 Å². The molecule has 1 aliphatic carbocycles. The van der Waals surface area contributed by atoms with E-state index in [2.05, 4.69) is 4.98 Å². The molecule has 1 amide bonds. The van der Waals surface area contributed by atoms with Crippen LogP contribution in [-0.4, -0.2) is 28.7 Å². The molecule has 0 radical (unpaired) electrons. The van der Waals surface area contributed by atoms with Gasteiger partial charge in [0.1, 0.15) is 11.3 Å². The fourth-order valence-electron chi connectivity index (χ4n) is 2.80. The summed E-state index contributed by atoms with van der Waals surface area (Å²) in [5.74, 6) is 0.412. The molecular formula is C15H22N2O3. The van der Waals surface area contributed by atoms with Gasteiger partial charge in [0.25, 0.3) is 5.91 Å². The number of primary amides is 1. The van der Waals surface area contributed by atoms with Crippen molar-refractivity contribution in [1.29, 1.82) is 0 Å². The minimum Gasteiger partial charge on any atom is -0.489 e. The number of aryl methyl sites for hydroxylation is 2. The predicted octanol–water partition coefficient (Wildman–Crippen LogP) is 1.73.